The first-order chi connectivity index (χ1) is 18.9. The molecule has 3 amide bonds. The van der Waals surface area contributed by atoms with Gasteiger partial charge < -0.3 is 14.5 Å². The number of halogens is 1. The fourth-order valence-corrected chi connectivity index (χ4v) is 5.35. The van der Waals surface area contributed by atoms with E-state index in [0.717, 1.165) is 51.6 Å². The zero-order chi connectivity index (χ0) is 28.2. The van der Waals surface area contributed by atoms with Crippen LogP contribution in [0.25, 0.3) is 0 Å². The molecule has 3 rings (SSSR count). The molecule has 1 aliphatic rings. The predicted molar refractivity (Wildman–Crippen MR) is 156 cm³/mol. The lowest BCUT2D eigenvalue weighted by Crippen LogP contribution is -2.56. The summed E-state index contributed by atoms with van der Waals surface area (Å²) in [7, 11) is 1.32. The Labute approximate surface area is 238 Å². The highest BCUT2D eigenvalue weighted by Crippen LogP contribution is 2.33. The SMILES string of the molecule is CCCCCN(CCCCC)C(=O)C1CCN(C(=O)N(c2ccccc2)c2cccc(Cl)c2)C(C(=O)OC)C1. The van der Waals surface area contributed by atoms with Gasteiger partial charge in [0.15, 0.2) is 0 Å². The molecular weight excluding hydrogens is 514 g/mol. The molecule has 2 atom stereocenters. The van der Waals surface area contributed by atoms with Crippen LogP contribution in [0.3, 0.4) is 0 Å². The number of urea groups is 1. The van der Waals surface area contributed by atoms with Crippen LogP contribution in [0, 0.1) is 5.92 Å². The molecular formula is C31H42ClN3O4. The number of hydrogen-bond donors (Lipinski definition) is 0. The highest BCUT2D eigenvalue weighted by molar-refractivity contribution is 6.31. The standard InChI is InChI=1S/C31H42ClN3O4/c1-4-6-11-19-33(20-12-7-5-2)29(36)24-18-21-34(28(22-24)30(37)39-3)31(38)35(26-15-9-8-10-16-26)27-17-13-14-25(32)23-27/h8-10,13-17,23-24,28H,4-7,11-12,18-22H2,1-3H3. The first-order valence-electron chi connectivity index (χ1n) is 14.2. The number of piperidine rings is 1. The Morgan fingerprint density at radius 1 is 0.923 bits per heavy atom. The lowest BCUT2D eigenvalue weighted by molar-refractivity contribution is -0.149. The van der Waals surface area contributed by atoms with Gasteiger partial charge in [0.2, 0.25) is 5.91 Å². The molecule has 2 aromatic rings. The van der Waals surface area contributed by atoms with Crippen molar-refractivity contribution in [2.45, 2.75) is 71.3 Å². The number of carbonyl (C=O) groups is 3. The highest BCUT2D eigenvalue weighted by atomic mass is 35.5. The van der Waals surface area contributed by atoms with Gasteiger partial charge in [-0.05, 0) is 56.0 Å². The summed E-state index contributed by atoms with van der Waals surface area (Å²) in [4.78, 5) is 45.9. The van der Waals surface area contributed by atoms with Crippen LogP contribution in [0.4, 0.5) is 16.2 Å². The molecule has 0 saturated carbocycles. The summed E-state index contributed by atoms with van der Waals surface area (Å²) in [5.41, 5.74) is 1.25. The number of nitrogens with zero attached hydrogens (tertiary/aromatic N) is 3. The lowest BCUT2D eigenvalue weighted by atomic mass is 9.89. The minimum Gasteiger partial charge on any atom is -0.467 e. The van der Waals surface area contributed by atoms with E-state index in [1.807, 2.05) is 41.3 Å². The Morgan fingerprint density at radius 2 is 1.56 bits per heavy atom. The average Bonchev–Trinajstić information content (AvgIpc) is 2.96. The Bertz CT molecular complexity index is 1070. The molecule has 1 saturated heterocycles. The molecule has 39 heavy (non-hydrogen) atoms. The molecule has 8 heteroatoms. The minimum absolute atomic E-state index is 0.0814. The van der Waals surface area contributed by atoms with Crippen LogP contribution in [-0.4, -0.2) is 60.5 Å². The first kappa shape index (κ1) is 30.5. The molecule has 7 nitrogen and oxygen atoms in total. The number of rotatable bonds is 12. The van der Waals surface area contributed by atoms with Crippen molar-refractivity contribution in [3.63, 3.8) is 0 Å². The van der Waals surface area contributed by atoms with Crippen molar-refractivity contribution in [2.75, 3.05) is 31.6 Å². The third-order valence-corrected chi connectivity index (χ3v) is 7.55. The van der Waals surface area contributed by atoms with E-state index in [1.165, 1.54) is 7.11 Å². The van der Waals surface area contributed by atoms with Gasteiger partial charge in [0.1, 0.15) is 6.04 Å². The van der Waals surface area contributed by atoms with E-state index in [1.54, 1.807) is 28.0 Å². The number of carbonyl (C=O) groups excluding carboxylic acids is 3. The molecule has 0 spiro atoms. The molecule has 0 radical (unpaired) electrons. The fourth-order valence-electron chi connectivity index (χ4n) is 5.16. The van der Waals surface area contributed by atoms with E-state index in [0.29, 0.717) is 22.8 Å². The van der Waals surface area contributed by atoms with Crippen LogP contribution in [-0.2, 0) is 14.3 Å². The maximum atomic E-state index is 14.1. The zero-order valence-corrected chi connectivity index (χ0v) is 24.2. The largest absolute Gasteiger partial charge is 0.467 e. The molecule has 1 fully saturated rings. The van der Waals surface area contributed by atoms with Crippen molar-refractivity contribution < 1.29 is 19.1 Å². The number of likely N-dealkylation sites (tertiary alicyclic amines) is 1. The Balaban J connectivity index is 1.85. The first-order valence-corrected chi connectivity index (χ1v) is 14.6. The van der Waals surface area contributed by atoms with E-state index in [9.17, 15) is 14.4 Å². The predicted octanol–water partition coefficient (Wildman–Crippen LogP) is 7.06. The third kappa shape index (κ3) is 8.21. The number of para-hydroxylation sites is 1. The van der Waals surface area contributed by atoms with Crippen LogP contribution in [0.1, 0.15) is 65.2 Å². The van der Waals surface area contributed by atoms with Crippen LogP contribution < -0.4 is 4.90 Å². The van der Waals surface area contributed by atoms with Crippen LogP contribution >= 0.6 is 11.6 Å². The minimum atomic E-state index is -0.858. The van der Waals surface area contributed by atoms with Gasteiger partial charge in [0, 0.05) is 30.6 Å². The summed E-state index contributed by atoms with van der Waals surface area (Å²) in [5.74, 6) is -0.765. The molecule has 0 bridgehead atoms. The summed E-state index contributed by atoms with van der Waals surface area (Å²) in [6.45, 7) is 6.04. The maximum absolute atomic E-state index is 14.1. The number of amides is 3. The van der Waals surface area contributed by atoms with Crippen molar-refractivity contribution in [1.82, 2.24) is 9.80 Å². The van der Waals surface area contributed by atoms with E-state index < -0.39 is 12.0 Å². The van der Waals surface area contributed by atoms with Gasteiger partial charge in [0.05, 0.1) is 18.5 Å². The number of ether oxygens (including phenoxy) is 1. The zero-order valence-electron chi connectivity index (χ0n) is 23.5. The quantitative estimate of drug-likeness (QED) is 0.207. The summed E-state index contributed by atoms with van der Waals surface area (Å²) in [6, 6.07) is 15.1. The van der Waals surface area contributed by atoms with Crippen LogP contribution in [0.5, 0.6) is 0 Å². The van der Waals surface area contributed by atoms with Gasteiger partial charge in [-0.2, -0.15) is 0 Å². The second-order valence-corrected chi connectivity index (χ2v) is 10.6. The van der Waals surface area contributed by atoms with E-state index in [-0.39, 0.29) is 30.8 Å². The molecule has 0 N–H and O–H groups in total. The van der Waals surface area contributed by atoms with Gasteiger partial charge in [-0.1, -0.05) is 75.4 Å². The summed E-state index contributed by atoms with van der Waals surface area (Å²) >= 11 is 6.27. The lowest BCUT2D eigenvalue weighted by Gasteiger charge is -2.41. The summed E-state index contributed by atoms with van der Waals surface area (Å²) < 4.78 is 5.13. The van der Waals surface area contributed by atoms with Crippen LogP contribution in [0.2, 0.25) is 5.02 Å². The van der Waals surface area contributed by atoms with Gasteiger partial charge >= 0.3 is 12.0 Å². The number of unbranched alkanes of at least 4 members (excludes halogenated alkanes) is 4. The molecule has 0 aliphatic carbocycles. The van der Waals surface area contributed by atoms with Gasteiger partial charge in [-0.25, -0.2) is 9.59 Å². The molecule has 212 valence electrons. The number of benzene rings is 2. The smallest absolute Gasteiger partial charge is 0.329 e. The average molecular weight is 556 g/mol. The second kappa shape index (κ2) is 15.5. The number of hydrogen-bond acceptors (Lipinski definition) is 4. The second-order valence-electron chi connectivity index (χ2n) is 10.1. The van der Waals surface area contributed by atoms with Gasteiger partial charge in [-0.3, -0.25) is 9.69 Å². The maximum Gasteiger partial charge on any atom is 0.329 e. The topological polar surface area (TPSA) is 70.2 Å². The number of anilines is 2. The van der Waals surface area contributed by atoms with E-state index >= 15 is 0 Å². The summed E-state index contributed by atoms with van der Waals surface area (Å²) in [6.07, 6.45) is 7.01. The van der Waals surface area contributed by atoms with E-state index in [4.69, 9.17) is 16.3 Å². The van der Waals surface area contributed by atoms with Gasteiger partial charge in [0.25, 0.3) is 0 Å². The molecule has 2 aromatic carbocycles. The summed E-state index contributed by atoms with van der Waals surface area (Å²) in [5, 5.41) is 0.501. The Hall–Kier alpha value is -3.06. The molecule has 1 heterocycles. The Kier molecular flexibility index (Phi) is 12.1. The van der Waals surface area contributed by atoms with Crippen molar-refractivity contribution in [1.29, 1.82) is 0 Å². The third-order valence-electron chi connectivity index (χ3n) is 7.32. The van der Waals surface area contributed by atoms with Crippen molar-refractivity contribution in [3.05, 3.63) is 59.6 Å². The van der Waals surface area contributed by atoms with E-state index in [2.05, 4.69) is 13.8 Å². The Morgan fingerprint density at radius 3 is 2.15 bits per heavy atom. The highest BCUT2D eigenvalue weighted by Gasteiger charge is 2.42. The molecule has 1 aliphatic heterocycles. The van der Waals surface area contributed by atoms with Crippen molar-refractivity contribution >= 4 is 40.9 Å². The molecule has 2 unspecified atom stereocenters. The number of methoxy groups -OCH3 is 1. The van der Waals surface area contributed by atoms with Crippen molar-refractivity contribution in [3.8, 4) is 0 Å². The van der Waals surface area contributed by atoms with Crippen molar-refractivity contribution in [2.24, 2.45) is 5.92 Å². The normalized spacial score (nSPS) is 17.0. The molecule has 0 aromatic heterocycles. The monoisotopic (exact) mass is 555 g/mol. The van der Waals surface area contributed by atoms with Gasteiger partial charge in [-0.15, -0.1) is 0 Å². The number of esters is 1. The fraction of sp³-hybridized carbons (Fsp3) is 0.516. The van der Waals surface area contributed by atoms with Crippen LogP contribution in [0.15, 0.2) is 54.6 Å².